The Hall–Kier alpha value is -1.95. The molecule has 0 fully saturated rings. The van der Waals surface area contributed by atoms with Crippen molar-refractivity contribution >= 4 is 5.97 Å². The number of carbonyl (C=O) groups is 1. The number of esters is 1. The number of hydrogen-bond donors (Lipinski definition) is 0. The molecule has 0 amide bonds. The lowest BCUT2D eigenvalue weighted by Gasteiger charge is -2.12. The highest BCUT2D eigenvalue weighted by Gasteiger charge is 2.15. The van der Waals surface area contributed by atoms with Gasteiger partial charge >= 0.3 is 5.97 Å². The maximum atomic E-state index is 12.0. The van der Waals surface area contributed by atoms with Gasteiger partial charge in [0.25, 0.3) is 0 Å². The first kappa shape index (κ1) is 21.1. The molecule has 0 aromatic heterocycles. The van der Waals surface area contributed by atoms with Crippen molar-refractivity contribution in [3.05, 3.63) is 29.8 Å². The lowest BCUT2D eigenvalue weighted by molar-refractivity contribution is -0.143. The average molecular weight is 344 g/mol. The summed E-state index contributed by atoms with van der Waals surface area (Å²) >= 11 is 0. The molecule has 138 valence electrons. The second-order valence-electron chi connectivity index (χ2n) is 6.20. The maximum Gasteiger partial charge on any atom is 0.307 e. The van der Waals surface area contributed by atoms with Crippen molar-refractivity contribution in [2.24, 2.45) is 0 Å². The van der Waals surface area contributed by atoms with Crippen LogP contribution in [0.3, 0.4) is 0 Å². The van der Waals surface area contributed by atoms with Crippen molar-refractivity contribution in [2.45, 2.75) is 71.6 Å². The van der Waals surface area contributed by atoms with E-state index in [-0.39, 0.29) is 11.9 Å². The normalized spacial score (nSPS) is 11.3. The highest BCUT2D eigenvalue weighted by atomic mass is 16.5. The van der Waals surface area contributed by atoms with Crippen LogP contribution in [0.1, 0.15) is 77.2 Å². The Morgan fingerprint density at radius 1 is 1.00 bits per heavy atom. The lowest BCUT2D eigenvalue weighted by Crippen LogP contribution is -2.10. The van der Waals surface area contributed by atoms with Crippen molar-refractivity contribution in [1.29, 1.82) is 0 Å². The van der Waals surface area contributed by atoms with E-state index < -0.39 is 0 Å². The fraction of sp³-hybridized carbons (Fsp3) is 0.591. The Bertz CT molecular complexity index is 537. The number of rotatable bonds is 12. The molecule has 0 unspecified atom stereocenters. The summed E-state index contributed by atoms with van der Waals surface area (Å²) in [5, 5.41) is 0. The third-order valence-corrected chi connectivity index (χ3v) is 4.00. The third-order valence-electron chi connectivity index (χ3n) is 4.00. The van der Waals surface area contributed by atoms with E-state index in [0.717, 1.165) is 43.6 Å². The Balaban J connectivity index is 2.53. The summed E-state index contributed by atoms with van der Waals surface area (Å²) in [6, 6.07) is 7.90. The van der Waals surface area contributed by atoms with Gasteiger partial charge in [-0.25, -0.2) is 0 Å². The molecular weight excluding hydrogens is 312 g/mol. The van der Waals surface area contributed by atoms with Gasteiger partial charge in [-0.1, -0.05) is 57.6 Å². The molecule has 0 spiro atoms. The van der Waals surface area contributed by atoms with Crippen LogP contribution in [0.2, 0.25) is 0 Å². The van der Waals surface area contributed by atoms with Gasteiger partial charge < -0.3 is 9.47 Å². The Kier molecular flexibility index (Phi) is 11.3. The molecule has 1 aromatic carbocycles. The third kappa shape index (κ3) is 9.19. The molecule has 25 heavy (non-hydrogen) atoms. The van der Waals surface area contributed by atoms with Crippen molar-refractivity contribution in [2.75, 3.05) is 13.2 Å². The van der Waals surface area contributed by atoms with Crippen LogP contribution in [0.15, 0.2) is 24.3 Å². The predicted molar refractivity (Wildman–Crippen MR) is 103 cm³/mol. The highest BCUT2D eigenvalue weighted by molar-refractivity contribution is 5.71. The van der Waals surface area contributed by atoms with Gasteiger partial charge in [-0.2, -0.15) is 0 Å². The summed E-state index contributed by atoms with van der Waals surface area (Å²) in [6.45, 7) is 7.36. The minimum Gasteiger partial charge on any atom is -0.494 e. The predicted octanol–water partition coefficient (Wildman–Crippen LogP) is 5.49. The Morgan fingerprint density at radius 2 is 1.64 bits per heavy atom. The molecular formula is C22H32O3. The molecule has 0 radical (unpaired) electrons. The standard InChI is InChI=1S/C22H32O3/c1-4-7-9-16-24-21-14-12-19(13-15-21)20(11-6-3)18-22(23)25-17-10-8-5-2/h12-15,20H,4-5,7-10,16-18H2,1-3H3/t20-/m0/s1. The van der Waals surface area contributed by atoms with E-state index in [2.05, 4.69) is 25.7 Å². The van der Waals surface area contributed by atoms with E-state index in [1.807, 2.05) is 24.3 Å². The van der Waals surface area contributed by atoms with E-state index in [9.17, 15) is 4.79 Å². The molecule has 3 heteroatoms. The molecule has 1 aromatic rings. The zero-order valence-corrected chi connectivity index (χ0v) is 16.0. The summed E-state index contributed by atoms with van der Waals surface area (Å²) in [4.78, 5) is 12.0. The number of unbranched alkanes of at least 4 members (excludes halogenated alkanes) is 4. The second kappa shape index (κ2) is 13.4. The molecule has 0 aliphatic rings. The van der Waals surface area contributed by atoms with E-state index in [0.29, 0.717) is 13.0 Å². The topological polar surface area (TPSA) is 35.5 Å². The quantitative estimate of drug-likeness (QED) is 0.286. The van der Waals surface area contributed by atoms with Crippen LogP contribution < -0.4 is 4.74 Å². The molecule has 0 heterocycles. The van der Waals surface area contributed by atoms with E-state index in [1.54, 1.807) is 6.92 Å². The van der Waals surface area contributed by atoms with Crippen molar-refractivity contribution in [3.8, 4) is 17.6 Å². The summed E-state index contributed by atoms with van der Waals surface area (Å²) in [5.41, 5.74) is 1.03. The van der Waals surface area contributed by atoms with Crippen LogP contribution in [0.25, 0.3) is 0 Å². The minimum absolute atomic E-state index is 0.127. The van der Waals surface area contributed by atoms with Gasteiger partial charge in [0.1, 0.15) is 5.75 Å². The largest absolute Gasteiger partial charge is 0.494 e. The number of benzene rings is 1. The van der Waals surface area contributed by atoms with Crippen LogP contribution in [-0.2, 0) is 9.53 Å². The van der Waals surface area contributed by atoms with E-state index >= 15 is 0 Å². The summed E-state index contributed by atoms with van der Waals surface area (Å²) in [6.07, 6.45) is 6.88. The SMILES string of the molecule is CC#C[C@@H](CC(=O)OCCCCC)c1ccc(OCCCCC)cc1. The molecule has 3 nitrogen and oxygen atoms in total. The first-order chi connectivity index (χ1) is 12.2. The fourth-order valence-electron chi connectivity index (χ4n) is 2.53. The first-order valence-corrected chi connectivity index (χ1v) is 9.51. The summed E-state index contributed by atoms with van der Waals surface area (Å²) in [5.74, 6) is 6.60. The van der Waals surface area contributed by atoms with Crippen molar-refractivity contribution < 1.29 is 14.3 Å². The molecule has 0 saturated heterocycles. The van der Waals surface area contributed by atoms with Crippen LogP contribution in [0.4, 0.5) is 0 Å². The van der Waals surface area contributed by atoms with Crippen LogP contribution in [-0.4, -0.2) is 19.2 Å². The molecule has 0 aliphatic heterocycles. The second-order valence-corrected chi connectivity index (χ2v) is 6.20. The van der Waals surface area contributed by atoms with E-state index in [1.165, 1.54) is 12.8 Å². The molecule has 1 rings (SSSR count). The van der Waals surface area contributed by atoms with Crippen LogP contribution in [0, 0.1) is 11.8 Å². The molecule has 0 N–H and O–H groups in total. The number of carbonyl (C=O) groups excluding carboxylic acids is 1. The smallest absolute Gasteiger partial charge is 0.307 e. The van der Waals surface area contributed by atoms with Crippen molar-refractivity contribution in [1.82, 2.24) is 0 Å². The minimum atomic E-state index is -0.177. The zero-order chi connectivity index (χ0) is 18.3. The van der Waals surface area contributed by atoms with Crippen LogP contribution in [0.5, 0.6) is 5.75 Å². The van der Waals surface area contributed by atoms with Crippen LogP contribution >= 0.6 is 0 Å². The molecule has 1 atom stereocenters. The Labute approximate surface area is 153 Å². The highest BCUT2D eigenvalue weighted by Crippen LogP contribution is 2.23. The van der Waals surface area contributed by atoms with Gasteiger partial charge in [0.2, 0.25) is 0 Å². The molecule has 0 bridgehead atoms. The van der Waals surface area contributed by atoms with E-state index in [4.69, 9.17) is 9.47 Å². The summed E-state index contributed by atoms with van der Waals surface area (Å²) in [7, 11) is 0. The average Bonchev–Trinajstić information content (AvgIpc) is 2.63. The maximum absolute atomic E-state index is 12.0. The monoisotopic (exact) mass is 344 g/mol. The van der Waals surface area contributed by atoms with Gasteiger partial charge in [0, 0.05) is 0 Å². The summed E-state index contributed by atoms with van der Waals surface area (Å²) < 4.78 is 11.0. The first-order valence-electron chi connectivity index (χ1n) is 9.51. The van der Waals surface area contributed by atoms with Gasteiger partial charge in [-0.15, -0.1) is 5.92 Å². The number of hydrogen-bond acceptors (Lipinski definition) is 3. The lowest BCUT2D eigenvalue weighted by atomic mass is 9.96. The zero-order valence-electron chi connectivity index (χ0n) is 16.0. The van der Waals surface area contributed by atoms with Gasteiger partial charge in [0.05, 0.1) is 25.6 Å². The fourth-order valence-corrected chi connectivity index (χ4v) is 2.53. The van der Waals surface area contributed by atoms with Gasteiger partial charge in [0.15, 0.2) is 0 Å². The number of ether oxygens (including phenoxy) is 2. The van der Waals surface area contributed by atoms with Gasteiger partial charge in [-0.3, -0.25) is 4.79 Å². The van der Waals surface area contributed by atoms with Crippen molar-refractivity contribution in [3.63, 3.8) is 0 Å². The molecule has 0 aliphatic carbocycles. The Morgan fingerprint density at radius 3 is 2.24 bits per heavy atom. The molecule has 0 saturated carbocycles. The van der Waals surface area contributed by atoms with Gasteiger partial charge in [-0.05, 0) is 37.5 Å².